The molecule has 150 valence electrons. The molecule has 2 unspecified atom stereocenters. The molecule has 30 heavy (non-hydrogen) atoms. The van der Waals surface area contributed by atoms with Crippen molar-refractivity contribution in [3.05, 3.63) is 94.7 Å². The number of aliphatic imine (C=N–C) groups is 2. The van der Waals surface area contributed by atoms with E-state index < -0.39 is 11.4 Å². The topological polar surface area (TPSA) is 58.9 Å². The second-order valence-electron chi connectivity index (χ2n) is 7.08. The number of hydrogen-bond acceptors (Lipinski definition) is 4. The summed E-state index contributed by atoms with van der Waals surface area (Å²) in [6.45, 7) is 0. The summed E-state index contributed by atoms with van der Waals surface area (Å²) >= 11 is 12.4. The minimum absolute atomic E-state index is 0.0571. The van der Waals surface area contributed by atoms with Crippen molar-refractivity contribution in [3.63, 3.8) is 0 Å². The number of carbonyl (C=O) groups excluding carboxylic acids is 2. The molecule has 2 atom stereocenters. The van der Waals surface area contributed by atoms with Crippen LogP contribution in [-0.2, 0) is 0 Å². The van der Waals surface area contributed by atoms with Crippen LogP contribution in [0.4, 0.5) is 0 Å². The molecule has 1 aliphatic heterocycles. The van der Waals surface area contributed by atoms with Gasteiger partial charge in [0.05, 0.1) is 35.0 Å². The van der Waals surface area contributed by atoms with Gasteiger partial charge in [-0.2, -0.15) is 0 Å². The van der Waals surface area contributed by atoms with Gasteiger partial charge in [0, 0.05) is 22.6 Å². The van der Waals surface area contributed by atoms with Crippen LogP contribution in [0.1, 0.15) is 33.6 Å². The molecule has 0 N–H and O–H groups in total. The Labute approximate surface area is 184 Å². The van der Waals surface area contributed by atoms with Gasteiger partial charge in [-0.1, -0.05) is 72.3 Å². The summed E-state index contributed by atoms with van der Waals surface area (Å²) in [5.74, 6) is -0.129. The van der Waals surface area contributed by atoms with E-state index in [-0.39, 0.29) is 24.4 Å². The van der Waals surface area contributed by atoms with Gasteiger partial charge in [0.2, 0.25) is 0 Å². The van der Waals surface area contributed by atoms with Gasteiger partial charge in [-0.3, -0.25) is 19.6 Å². The summed E-state index contributed by atoms with van der Waals surface area (Å²) in [4.78, 5) is 35.0. The molecule has 6 heteroatoms. The molecule has 1 aliphatic carbocycles. The van der Waals surface area contributed by atoms with Crippen molar-refractivity contribution in [1.82, 2.24) is 0 Å². The van der Waals surface area contributed by atoms with Crippen LogP contribution in [0.3, 0.4) is 0 Å². The number of ketones is 2. The SMILES string of the molecule is O=C(CC1=NC2=CC(Cl)C(Cl)=CC2=NC1CC(=O)c1ccccc1)c1ccccc1. The minimum Gasteiger partial charge on any atom is -0.294 e. The van der Waals surface area contributed by atoms with Crippen LogP contribution in [0.15, 0.2) is 93.5 Å². The summed E-state index contributed by atoms with van der Waals surface area (Å²) in [6.07, 6.45) is 3.59. The lowest BCUT2D eigenvalue weighted by Crippen LogP contribution is -2.31. The number of nitrogens with zero attached hydrogens (tertiary/aromatic N) is 2. The molecule has 0 amide bonds. The van der Waals surface area contributed by atoms with E-state index in [0.29, 0.717) is 33.3 Å². The first-order valence-corrected chi connectivity index (χ1v) is 10.4. The minimum atomic E-state index is -0.537. The Bertz CT molecular complexity index is 1100. The van der Waals surface area contributed by atoms with E-state index >= 15 is 0 Å². The summed E-state index contributed by atoms with van der Waals surface area (Å²) in [6, 6.07) is 17.5. The average molecular weight is 437 g/mol. The highest BCUT2D eigenvalue weighted by molar-refractivity contribution is 6.41. The molecule has 4 rings (SSSR count). The molecule has 2 aromatic carbocycles. The lowest BCUT2D eigenvalue weighted by Gasteiger charge is -2.24. The number of rotatable bonds is 6. The van der Waals surface area contributed by atoms with Crippen LogP contribution in [0.5, 0.6) is 0 Å². The number of benzene rings is 2. The molecule has 0 spiro atoms. The lowest BCUT2D eigenvalue weighted by atomic mass is 9.94. The largest absolute Gasteiger partial charge is 0.294 e. The quantitative estimate of drug-likeness (QED) is 0.447. The third-order valence-electron chi connectivity index (χ3n) is 4.96. The molecule has 2 aliphatic rings. The van der Waals surface area contributed by atoms with Gasteiger partial charge in [0.1, 0.15) is 0 Å². The number of halogens is 2. The van der Waals surface area contributed by atoms with E-state index in [1.807, 2.05) is 36.4 Å². The summed E-state index contributed by atoms with van der Waals surface area (Å²) in [5, 5.41) is -0.0377. The number of carbonyl (C=O) groups is 2. The molecule has 0 saturated heterocycles. The molecule has 1 heterocycles. The maximum atomic E-state index is 12.8. The van der Waals surface area contributed by atoms with E-state index in [2.05, 4.69) is 4.99 Å². The number of alkyl halides is 1. The molecule has 0 bridgehead atoms. The van der Waals surface area contributed by atoms with E-state index in [4.69, 9.17) is 28.2 Å². The fourth-order valence-corrected chi connectivity index (χ4v) is 3.73. The average Bonchev–Trinajstić information content (AvgIpc) is 2.76. The van der Waals surface area contributed by atoms with Crippen LogP contribution in [0.2, 0.25) is 0 Å². The molecule has 0 radical (unpaired) electrons. The second-order valence-corrected chi connectivity index (χ2v) is 7.98. The summed E-state index contributed by atoms with van der Waals surface area (Å²) in [5.41, 5.74) is 2.92. The molecule has 2 aromatic rings. The monoisotopic (exact) mass is 436 g/mol. The number of hydrogen-bond donors (Lipinski definition) is 0. The first-order valence-electron chi connectivity index (χ1n) is 9.56. The van der Waals surface area contributed by atoms with Crippen LogP contribution in [0.25, 0.3) is 0 Å². The van der Waals surface area contributed by atoms with Gasteiger partial charge in [-0.15, -0.1) is 11.6 Å². The molecular weight excluding hydrogens is 419 g/mol. The highest BCUT2D eigenvalue weighted by atomic mass is 35.5. The highest BCUT2D eigenvalue weighted by Gasteiger charge is 2.29. The Morgan fingerprint density at radius 3 is 2.13 bits per heavy atom. The smallest absolute Gasteiger partial charge is 0.168 e. The van der Waals surface area contributed by atoms with Gasteiger partial charge >= 0.3 is 0 Å². The zero-order valence-corrected chi connectivity index (χ0v) is 17.5. The van der Waals surface area contributed by atoms with E-state index in [1.54, 1.807) is 36.4 Å². The van der Waals surface area contributed by atoms with Crippen molar-refractivity contribution in [3.8, 4) is 0 Å². The molecule has 0 saturated carbocycles. The summed E-state index contributed by atoms with van der Waals surface area (Å²) < 4.78 is 0. The van der Waals surface area contributed by atoms with Gasteiger partial charge < -0.3 is 0 Å². The van der Waals surface area contributed by atoms with Gasteiger partial charge in [0.25, 0.3) is 0 Å². The maximum Gasteiger partial charge on any atom is 0.168 e. The Balaban J connectivity index is 1.64. The van der Waals surface area contributed by atoms with E-state index in [1.165, 1.54) is 0 Å². The zero-order chi connectivity index (χ0) is 21.1. The lowest BCUT2D eigenvalue weighted by molar-refractivity contribution is 0.0972. The van der Waals surface area contributed by atoms with E-state index in [0.717, 1.165) is 0 Å². The third kappa shape index (κ3) is 4.50. The van der Waals surface area contributed by atoms with Gasteiger partial charge in [-0.05, 0) is 12.2 Å². The molecule has 0 fully saturated rings. The van der Waals surface area contributed by atoms with Crippen molar-refractivity contribution in [2.75, 3.05) is 0 Å². The van der Waals surface area contributed by atoms with Crippen molar-refractivity contribution in [1.29, 1.82) is 0 Å². The van der Waals surface area contributed by atoms with Crippen molar-refractivity contribution in [2.24, 2.45) is 9.98 Å². The number of fused-ring (bicyclic) bond motifs is 1. The predicted molar refractivity (Wildman–Crippen MR) is 121 cm³/mol. The Kier molecular flexibility index (Phi) is 6.07. The van der Waals surface area contributed by atoms with Crippen molar-refractivity contribution < 1.29 is 9.59 Å². The van der Waals surface area contributed by atoms with Gasteiger partial charge in [0.15, 0.2) is 11.6 Å². The third-order valence-corrected chi connectivity index (χ3v) is 5.78. The van der Waals surface area contributed by atoms with Crippen molar-refractivity contribution in [2.45, 2.75) is 24.3 Å². The highest BCUT2D eigenvalue weighted by Crippen LogP contribution is 2.29. The Morgan fingerprint density at radius 1 is 0.900 bits per heavy atom. The van der Waals surface area contributed by atoms with E-state index in [9.17, 15) is 9.59 Å². The zero-order valence-electron chi connectivity index (χ0n) is 16.0. The fraction of sp³-hybridized carbons (Fsp3) is 0.167. The van der Waals surface area contributed by atoms with Crippen LogP contribution >= 0.6 is 23.2 Å². The maximum absolute atomic E-state index is 12.8. The second kappa shape index (κ2) is 8.90. The standard InChI is InChI=1S/C24H18Cl2N2O2/c25-17-11-19-20(12-18(17)26)28-22(14-24(30)16-9-5-2-6-10-16)21(27-19)13-23(29)15-7-3-1-4-8-15/h1-12,17,22H,13-14H2. The van der Waals surface area contributed by atoms with Crippen LogP contribution < -0.4 is 0 Å². The van der Waals surface area contributed by atoms with Gasteiger partial charge in [-0.25, -0.2) is 0 Å². The first-order chi connectivity index (χ1) is 14.5. The molecular formula is C24H18Cl2N2O2. The normalized spacial score (nSPS) is 20.3. The predicted octanol–water partition coefficient (Wildman–Crippen LogP) is 5.42. The first kappa shape index (κ1) is 20.5. The Hall–Kier alpha value is -2.82. The number of Topliss-reactive ketones (excluding diaryl/α,β-unsaturated/α-hetero) is 2. The van der Waals surface area contributed by atoms with Crippen LogP contribution in [-0.4, -0.2) is 34.4 Å². The number of allylic oxidation sites excluding steroid dienone is 3. The molecule has 4 nitrogen and oxygen atoms in total. The fourth-order valence-electron chi connectivity index (χ4n) is 3.39. The Morgan fingerprint density at radius 2 is 1.50 bits per heavy atom. The summed E-state index contributed by atoms with van der Waals surface area (Å²) in [7, 11) is 0. The van der Waals surface area contributed by atoms with Crippen molar-refractivity contribution >= 4 is 46.2 Å². The van der Waals surface area contributed by atoms with Crippen LogP contribution in [0, 0.1) is 0 Å². The molecule has 0 aromatic heterocycles.